The van der Waals surface area contributed by atoms with E-state index in [1.54, 1.807) is 0 Å². The van der Waals surface area contributed by atoms with Crippen LogP contribution in [0.3, 0.4) is 0 Å². The summed E-state index contributed by atoms with van der Waals surface area (Å²) in [6, 6.07) is 0. The van der Waals surface area contributed by atoms with E-state index in [1.165, 1.54) is 18.4 Å². The number of thioether (sulfide) groups is 1. The van der Waals surface area contributed by atoms with E-state index in [-0.39, 0.29) is 29.6 Å². The van der Waals surface area contributed by atoms with Gasteiger partial charge in [-0.2, -0.15) is 0 Å². The quantitative estimate of drug-likeness (QED) is 0.384. The van der Waals surface area contributed by atoms with Gasteiger partial charge in [0.15, 0.2) is 6.66 Å². The molecule has 0 heterocycles. The third kappa shape index (κ3) is 8.99. The van der Waals surface area contributed by atoms with Crippen molar-refractivity contribution in [3.63, 3.8) is 0 Å². The Bertz CT molecular complexity index is 129. The second-order valence-corrected chi connectivity index (χ2v) is 3.72. The number of rotatable bonds is 4. The van der Waals surface area contributed by atoms with Crippen molar-refractivity contribution in [2.75, 3.05) is 12.4 Å². The van der Waals surface area contributed by atoms with Gasteiger partial charge in [-0.3, -0.25) is 0 Å². The molecule has 0 aromatic carbocycles. The van der Waals surface area contributed by atoms with Crippen LogP contribution in [0.4, 0.5) is 0 Å². The van der Waals surface area contributed by atoms with Gasteiger partial charge in [-0.1, -0.05) is 18.7 Å². The summed E-state index contributed by atoms with van der Waals surface area (Å²) >= 11 is 1.46. The summed E-state index contributed by atoms with van der Waals surface area (Å²) in [7, 11) is -1.52. The van der Waals surface area contributed by atoms with Gasteiger partial charge in [-0.25, -0.2) is 4.52 Å². The van der Waals surface area contributed by atoms with Gasteiger partial charge in [0.25, 0.3) is 0 Å². The monoisotopic (exact) mass is 188 g/mol. The predicted molar refractivity (Wildman–Crippen MR) is 47.6 cm³/mol. The van der Waals surface area contributed by atoms with Gasteiger partial charge >= 0.3 is 8.03 Å². The summed E-state index contributed by atoms with van der Waals surface area (Å²) in [6.07, 6.45) is 0. The zero-order valence-corrected chi connectivity index (χ0v) is 10.3. The average molecular weight is 188 g/mol. The average Bonchev–Trinajstić information content (AvgIpc) is 1.63. The van der Waals surface area contributed by atoms with Gasteiger partial charge < -0.3 is 0 Å². The first-order valence-electron chi connectivity index (χ1n) is 2.57. The van der Waals surface area contributed by atoms with Gasteiger partial charge in [0.05, 0.1) is 0 Å². The molecule has 0 aliphatic rings. The normalized spacial score (nSPS) is 9.60. The Morgan fingerprint density at radius 3 is 2.60 bits per heavy atom. The molecule has 0 spiro atoms. The van der Waals surface area contributed by atoms with Crippen LogP contribution >= 0.6 is 19.8 Å². The van der Waals surface area contributed by atoms with Crippen molar-refractivity contribution in [2.45, 2.75) is 6.92 Å². The maximum Gasteiger partial charge on any atom is 0.553 e. The topological polar surface area (TPSA) is 26.3 Å². The third-order valence-corrected chi connectivity index (χ3v) is 1.83. The van der Waals surface area contributed by atoms with Crippen LogP contribution in [-0.2, 0) is 9.09 Å². The van der Waals surface area contributed by atoms with E-state index >= 15 is 0 Å². The van der Waals surface area contributed by atoms with Crippen molar-refractivity contribution in [3.8, 4) is 0 Å². The van der Waals surface area contributed by atoms with Crippen molar-refractivity contribution in [3.05, 3.63) is 11.7 Å². The van der Waals surface area contributed by atoms with Crippen LogP contribution in [-0.4, -0.2) is 42.0 Å². The van der Waals surface area contributed by atoms with E-state index in [0.717, 1.165) is 5.75 Å². The van der Waals surface area contributed by atoms with Crippen molar-refractivity contribution >= 4 is 49.3 Å². The molecule has 0 fully saturated rings. The standard InChI is InChI=1S/C5H10O2PS.Na/c1-4-9-5(2)7-8(3)6;/h2,4H2,1,3H3;/q+1;. The first-order chi connectivity index (χ1) is 4.16. The Balaban J connectivity index is 0. The van der Waals surface area contributed by atoms with E-state index in [1.807, 2.05) is 6.92 Å². The maximum atomic E-state index is 10.4. The van der Waals surface area contributed by atoms with Crippen LogP contribution in [0.2, 0.25) is 0 Å². The molecule has 0 N–H and O–H groups in total. The Morgan fingerprint density at radius 2 is 2.30 bits per heavy atom. The number of hydrogen-bond donors (Lipinski definition) is 0. The van der Waals surface area contributed by atoms with Gasteiger partial charge in [0, 0.05) is 29.6 Å². The molecule has 0 saturated heterocycles. The van der Waals surface area contributed by atoms with E-state index < -0.39 is 8.03 Å². The fraction of sp³-hybridized carbons (Fsp3) is 0.600. The molecule has 0 amide bonds. The van der Waals surface area contributed by atoms with E-state index in [2.05, 4.69) is 6.58 Å². The molecule has 0 aromatic heterocycles. The summed E-state index contributed by atoms with van der Waals surface area (Å²) in [5.41, 5.74) is 0. The molecular formula is C5H10NaO2PS+. The van der Waals surface area contributed by atoms with E-state index in [4.69, 9.17) is 4.52 Å². The predicted octanol–water partition coefficient (Wildman–Crippen LogP) is 2.22. The Kier molecular flexibility index (Phi) is 11.0. The molecule has 1 radical (unpaired) electrons. The smallest absolute Gasteiger partial charge is 0.248 e. The van der Waals surface area contributed by atoms with Gasteiger partial charge in [-0.15, -0.1) is 0 Å². The van der Waals surface area contributed by atoms with Crippen molar-refractivity contribution in [1.82, 2.24) is 0 Å². The molecule has 1 atom stereocenters. The maximum absolute atomic E-state index is 10.4. The molecule has 5 heteroatoms. The molecule has 1 unspecified atom stereocenters. The summed E-state index contributed by atoms with van der Waals surface area (Å²) in [4.78, 5) is 0. The Morgan fingerprint density at radius 1 is 1.80 bits per heavy atom. The minimum absolute atomic E-state index is 0. The molecule has 0 aliphatic heterocycles. The molecule has 0 aromatic rings. The molecule has 0 bridgehead atoms. The summed E-state index contributed by atoms with van der Waals surface area (Å²) in [5, 5.41) is 0.543. The zero-order chi connectivity index (χ0) is 7.28. The Hall–Kier alpha value is 0.990. The molecule has 10 heavy (non-hydrogen) atoms. The minimum Gasteiger partial charge on any atom is -0.248 e. The van der Waals surface area contributed by atoms with Crippen LogP contribution in [0.5, 0.6) is 0 Å². The van der Waals surface area contributed by atoms with E-state index in [9.17, 15) is 4.57 Å². The van der Waals surface area contributed by atoms with Crippen LogP contribution in [0, 0.1) is 0 Å². The number of hydrogen-bond acceptors (Lipinski definition) is 3. The Labute approximate surface area is 89.0 Å². The van der Waals surface area contributed by atoms with Gasteiger partial charge in [-0.05, 0) is 16.9 Å². The van der Waals surface area contributed by atoms with Crippen LogP contribution < -0.4 is 0 Å². The second-order valence-electron chi connectivity index (χ2n) is 1.34. The van der Waals surface area contributed by atoms with Gasteiger partial charge in [0.1, 0.15) is 0 Å². The molecule has 0 rings (SSSR count). The SMILES string of the molecule is C=C(O[P+](C)=O)SCC.[Na]. The first kappa shape index (κ1) is 13.6. The molecule has 0 saturated carbocycles. The van der Waals surface area contributed by atoms with Crippen molar-refractivity contribution in [2.24, 2.45) is 0 Å². The molecule has 0 aliphatic carbocycles. The third-order valence-electron chi connectivity index (χ3n) is 0.536. The fourth-order valence-electron chi connectivity index (χ4n) is 0.331. The zero-order valence-electron chi connectivity index (χ0n) is 6.59. The second kappa shape index (κ2) is 8.09. The summed E-state index contributed by atoms with van der Waals surface area (Å²) in [5.74, 6) is 0.905. The molecule has 53 valence electrons. The van der Waals surface area contributed by atoms with Crippen molar-refractivity contribution in [1.29, 1.82) is 0 Å². The molecule has 2 nitrogen and oxygen atoms in total. The fourth-order valence-corrected chi connectivity index (χ4v) is 1.47. The largest absolute Gasteiger partial charge is 0.553 e. The first-order valence-corrected chi connectivity index (χ1v) is 5.18. The van der Waals surface area contributed by atoms with Crippen LogP contribution in [0.25, 0.3) is 0 Å². The van der Waals surface area contributed by atoms with Crippen LogP contribution in [0.15, 0.2) is 11.7 Å². The van der Waals surface area contributed by atoms with E-state index in [0.29, 0.717) is 5.09 Å². The minimum atomic E-state index is -1.52. The molecular weight excluding hydrogens is 178 g/mol. The van der Waals surface area contributed by atoms with Crippen LogP contribution in [0.1, 0.15) is 6.92 Å². The van der Waals surface area contributed by atoms with Gasteiger partial charge in [0.2, 0.25) is 5.09 Å². The van der Waals surface area contributed by atoms with Crippen molar-refractivity contribution < 1.29 is 9.09 Å². The summed E-state index contributed by atoms with van der Waals surface area (Å²) in [6.45, 7) is 7.04. The summed E-state index contributed by atoms with van der Waals surface area (Å²) < 4.78 is 15.1.